The number of hydrogen-bond donors (Lipinski definition) is 0. The number of nitrogens with zero attached hydrogens (tertiary/aromatic N) is 7. The summed E-state index contributed by atoms with van der Waals surface area (Å²) in [6, 6.07) is 13.4. The molecular formula is C22H21N7O. The molecular weight excluding hydrogens is 378 g/mol. The van der Waals surface area contributed by atoms with Crippen LogP contribution in [0.4, 0.5) is 0 Å². The topological polar surface area (TPSA) is 94.4 Å². The molecule has 0 radical (unpaired) electrons. The molecule has 0 amide bonds. The van der Waals surface area contributed by atoms with Gasteiger partial charge in [0.1, 0.15) is 17.7 Å². The van der Waals surface area contributed by atoms with Gasteiger partial charge in [0, 0.05) is 30.8 Å². The first kappa shape index (κ1) is 19.3. The number of aromatic nitrogens is 6. The molecule has 0 aliphatic heterocycles. The molecule has 8 nitrogen and oxygen atoms in total. The molecule has 150 valence electrons. The van der Waals surface area contributed by atoms with Crippen LogP contribution in [0, 0.1) is 25.2 Å². The molecule has 0 bridgehead atoms. The Morgan fingerprint density at radius 2 is 1.83 bits per heavy atom. The molecule has 4 aromatic rings. The number of nitriles is 1. The van der Waals surface area contributed by atoms with Gasteiger partial charge in [-0.25, -0.2) is 14.6 Å². The van der Waals surface area contributed by atoms with Gasteiger partial charge >= 0.3 is 0 Å². The molecule has 0 aliphatic rings. The van der Waals surface area contributed by atoms with E-state index in [9.17, 15) is 0 Å². The first-order valence-corrected chi connectivity index (χ1v) is 9.45. The van der Waals surface area contributed by atoms with Gasteiger partial charge in [0.2, 0.25) is 0 Å². The molecule has 1 aromatic carbocycles. The first-order chi connectivity index (χ1) is 14.5. The van der Waals surface area contributed by atoms with E-state index in [-0.39, 0.29) is 0 Å². The first-order valence-electron chi connectivity index (χ1n) is 9.45. The van der Waals surface area contributed by atoms with Gasteiger partial charge in [0.25, 0.3) is 0 Å². The minimum Gasteiger partial charge on any atom is -0.492 e. The van der Waals surface area contributed by atoms with Crippen molar-refractivity contribution in [1.82, 2.24) is 29.5 Å². The smallest absolute Gasteiger partial charge is 0.168 e. The van der Waals surface area contributed by atoms with E-state index in [1.54, 1.807) is 28.6 Å². The standard InChI is InChI=1S/C22H21N7O/c1-14-9-15(2)29(26-14)20-11-18(24-13-25-20)10-19-22(30-4)21(28(3)27-19)17-7-5-16(12-23)6-8-17/h5-9,11,13H,10H2,1-4H3. The van der Waals surface area contributed by atoms with E-state index in [4.69, 9.17) is 10.00 Å². The average Bonchev–Trinajstić information content (AvgIpc) is 3.25. The van der Waals surface area contributed by atoms with E-state index < -0.39 is 0 Å². The maximum absolute atomic E-state index is 9.04. The molecule has 30 heavy (non-hydrogen) atoms. The van der Waals surface area contributed by atoms with Gasteiger partial charge in [-0.15, -0.1) is 0 Å². The summed E-state index contributed by atoms with van der Waals surface area (Å²) in [5, 5.41) is 18.2. The molecule has 0 saturated heterocycles. The summed E-state index contributed by atoms with van der Waals surface area (Å²) in [5.74, 6) is 1.40. The van der Waals surface area contributed by atoms with Gasteiger partial charge in [-0.3, -0.25) is 4.68 Å². The Morgan fingerprint density at radius 1 is 1.07 bits per heavy atom. The van der Waals surface area contributed by atoms with Gasteiger partial charge in [-0.1, -0.05) is 12.1 Å². The Labute approximate surface area is 174 Å². The normalized spacial score (nSPS) is 10.8. The number of methoxy groups -OCH3 is 1. The van der Waals surface area contributed by atoms with Crippen molar-refractivity contribution in [2.45, 2.75) is 20.3 Å². The van der Waals surface area contributed by atoms with E-state index in [2.05, 4.69) is 26.2 Å². The van der Waals surface area contributed by atoms with Crippen molar-refractivity contribution in [1.29, 1.82) is 5.26 Å². The Hall–Kier alpha value is -3.99. The molecule has 4 rings (SSSR count). The maximum atomic E-state index is 9.04. The number of rotatable bonds is 5. The SMILES string of the molecule is COc1c(Cc2cc(-n3nc(C)cc3C)ncn2)nn(C)c1-c1ccc(C#N)cc1. The van der Waals surface area contributed by atoms with Crippen LogP contribution in [-0.4, -0.2) is 36.6 Å². The van der Waals surface area contributed by atoms with Crippen LogP contribution < -0.4 is 4.74 Å². The van der Waals surface area contributed by atoms with E-state index in [1.165, 1.54) is 6.33 Å². The predicted octanol–water partition coefficient (Wildman–Crippen LogP) is 3.15. The summed E-state index contributed by atoms with van der Waals surface area (Å²) in [7, 11) is 3.51. The fourth-order valence-corrected chi connectivity index (χ4v) is 3.54. The van der Waals surface area contributed by atoms with E-state index in [0.717, 1.165) is 34.0 Å². The Bertz CT molecular complexity index is 1250. The second kappa shape index (κ2) is 7.79. The zero-order valence-electron chi connectivity index (χ0n) is 17.3. The lowest BCUT2D eigenvalue weighted by Crippen LogP contribution is -2.05. The third-order valence-electron chi connectivity index (χ3n) is 4.85. The van der Waals surface area contributed by atoms with Crippen LogP contribution in [0.3, 0.4) is 0 Å². The summed E-state index contributed by atoms with van der Waals surface area (Å²) in [6.45, 7) is 3.95. The van der Waals surface area contributed by atoms with Crippen LogP contribution in [0.25, 0.3) is 17.1 Å². The van der Waals surface area contributed by atoms with Gasteiger partial charge in [0.15, 0.2) is 11.6 Å². The van der Waals surface area contributed by atoms with Gasteiger partial charge in [0.05, 0.1) is 30.1 Å². The van der Waals surface area contributed by atoms with Crippen LogP contribution in [0.2, 0.25) is 0 Å². The van der Waals surface area contributed by atoms with Gasteiger partial charge in [-0.2, -0.15) is 15.5 Å². The van der Waals surface area contributed by atoms with E-state index >= 15 is 0 Å². The number of ether oxygens (including phenoxy) is 1. The van der Waals surface area contributed by atoms with Crippen molar-refractivity contribution >= 4 is 0 Å². The lowest BCUT2D eigenvalue weighted by Gasteiger charge is -2.07. The second-order valence-corrected chi connectivity index (χ2v) is 7.02. The molecule has 3 heterocycles. The van der Waals surface area contributed by atoms with Crippen LogP contribution in [0.15, 0.2) is 42.7 Å². The molecule has 0 aliphatic carbocycles. The van der Waals surface area contributed by atoms with Crippen molar-refractivity contribution in [3.8, 4) is 28.9 Å². The highest BCUT2D eigenvalue weighted by molar-refractivity contribution is 5.69. The molecule has 0 spiro atoms. The maximum Gasteiger partial charge on any atom is 0.168 e. The van der Waals surface area contributed by atoms with Gasteiger partial charge < -0.3 is 4.74 Å². The highest BCUT2D eigenvalue weighted by Crippen LogP contribution is 2.34. The summed E-state index contributed by atoms with van der Waals surface area (Å²) >= 11 is 0. The van der Waals surface area contributed by atoms with Crippen molar-refractivity contribution in [3.05, 3.63) is 71.1 Å². The van der Waals surface area contributed by atoms with Crippen molar-refractivity contribution in [2.75, 3.05) is 7.11 Å². The van der Waals surface area contributed by atoms with Crippen molar-refractivity contribution in [2.24, 2.45) is 7.05 Å². The molecule has 3 aromatic heterocycles. The van der Waals surface area contributed by atoms with E-state index in [1.807, 2.05) is 45.2 Å². The zero-order chi connectivity index (χ0) is 21.3. The monoisotopic (exact) mass is 399 g/mol. The largest absolute Gasteiger partial charge is 0.492 e. The molecule has 0 N–H and O–H groups in total. The molecule has 0 unspecified atom stereocenters. The fraction of sp³-hybridized carbons (Fsp3) is 0.227. The Kier molecular flexibility index (Phi) is 5.02. The number of benzene rings is 1. The predicted molar refractivity (Wildman–Crippen MR) is 111 cm³/mol. The highest BCUT2D eigenvalue weighted by Gasteiger charge is 2.20. The summed E-state index contributed by atoms with van der Waals surface area (Å²) in [6.07, 6.45) is 2.03. The second-order valence-electron chi connectivity index (χ2n) is 7.02. The lowest BCUT2D eigenvalue weighted by atomic mass is 10.1. The van der Waals surface area contributed by atoms with Crippen LogP contribution in [0.5, 0.6) is 5.75 Å². The summed E-state index contributed by atoms with van der Waals surface area (Å²) in [4.78, 5) is 8.77. The Morgan fingerprint density at radius 3 is 2.47 bits per heavy atom. The fourth-order valence-electron chi connectivity index (χ4n) is 3.54. The van der Waals surface area contributed by atoms with Crippen LogP contribution in [0.1, 0.15) is 28.3 Å². The third kappa shape index (κ3) is 3.53. The third-order valence-corrected chi connectivity index (χ3v) is 4.85. The van der Waals surface area contributed by atoms with Crippen molar-refractivity contribution < 1.29 is 4.74 Å². The van der Waals surface area contributed by atoms with Crippen LogP contribution >= 0.6 is 0 Å². The quantitative estimate of drug-likeness (QED) is 0.512. The average molecular weight is 399 g/mol. The zero-order valence-corrected chi connectivity index (χ0v) is 17.3. The summed E-state index contributed by atoms with van der Waals surface area (Å²) < 4.78 is 9.30. The Balaban J connectivity index is 1.70. The highest BCUT2D eigenvalue weighted by atomic mass is 16.5. The molecule has 0 atom stereocenters. The molecule has 8 heteroatoms. The van der Waals surface area contributed by atoms with Gasteiger partial charge in [-0.05, 0) is 32.0 Å². The van der Waals surface area contributed by atoms with Crippen LogP contribution in [-0.2, 0) is 13.5 Å². The molecule has 0 fully saturated rings. The minimum atomic E-state index is 0.488. The lowest BCUT2D eigenvalue weighted by molar-refractivity contribution is 0.412. The number of aryl methyl sites for hydroxylation is 3. The van der Waals surface area contributed by atoms with E-state index in [0.29, 0.717) is 23.6 Å². The minimum absolute atomic E-state index is 0.488. The molecule has 0 saturated carbocycles. The van der Waals surface area contributed by atoms with Crippen molar-refractivity contribution in [3.63, 3.8) is 0 Å². The number of hydrogen-bond acceptors (Lipinski definition) is 6. The summed E-state index contributed by atoms with van der Waals surface area (Å²) in [5.41, 5.74) is 5.93.